The second-order valence-corrected chi connectivity index (χ2v) is 6.63. The minimum absolute atomic E-state index is 0.114. The molecule has 0 spiro atoms. The Balaban J connectivity index is 1.64. The molecule has 3 rings (SSSR count). The van der Waals surface area contributed by atoms with Gasteiger partial charge in [0, 0.05) is 9.79 Å². The molecule has 0 bridgehead atoms. The normalized spacial score (nSPS) is 10.2. The summed E-state index contributed by atoms with van der Waals surface area (Å²) in [6.45, 7) is 0.157. The first-order chi connectivity index (χ1) is 12.8. The Morgan fingerprint density at radius 3 is 2.31 bits per heavy atom. The molecule has 5 heteroatoms. The molecule has 0 unspecified atom stereocenters. The lowest BCUT2D eigenvalue weighted by atomic mass is 10.3. The molecule has 0 aliphatic heterocycles. The molecule has 0 atom stereocenters. The highest BCUT2D eigenvalue weighted by Gasteiger charge is 2.09. The summed E-state index contributed by atoms with van der Waals surface area (Å²) < 4.78 is 5.28. The number of anilines is 2. The number of hydrogen-bond acceptors (Lipinski definition) is 4. The second kappa shape index (κ2) is 8.97. The highest BCUT2D eigenvalue weighted by Crippen LogP contribution is 2.33. The summed E-state index contributed by atoms with van der Waals surface area (Å²) in [6.07, 6.45) is 0. The smallest absolute Gasteiger partial charge is 0.243 e. The highest BCUT2D eigenvalue weighted by atomic mass is 32.2. The number of amides is 1. The maximum atomic E-state index is 12.4. The van der Waals surface area contributed by atoms with Crippen molar-refractivity contribution in [3.8, 4) is 5.75 Å². The maximum Gasteiger partial charge on any atom is 0.243 e. The lowest BCUT2D eigenvalue weighted by Gasteiger charge is -2.13. The van der Waals surface area contributed by atoms with Crippen molar-refractivity contribution in [2.45, 2.75) is 9.79 Å². The third-order valence-electron chi connectivity index (χ3n) is 3.68. The van der Waals surface area contributed by atoms with Gasteiger partial charge in [0.1, 0.15) is 5.75 Å². The number of methoxy groups -OCH3 is 1. The largest absolute Gasteiger partial charge is 0.495 e. The molecule has 0 aromatic heterocycles. The van der Waals surface area contributed by atoms with Crippen LogP contribution in [0.4, 0.5) is 11.4 Å². The van der Waals surface area contributed by atoms with E-state index in [1.54, 1.807) is 18.9 Å². The Bertz CT molecular complexity index is 869. The molecule has 0 saturated heterocycles. The van der Waals surface area contributed by atoms with E-state index in [1.165, 1.54) is 0 Å². The molecular formula is C21H20N2O2S. The van der Waals surface area contributed by atoms with Gasteiger partial charge in [-0.2, -0.15) is 0 Å². The van der Waals surface area contributed by atoms with Gasteiger partial charge in [-0.1, -0.05) is 54.2 Å². The van der Waals surface area contributed by atoms with E-state index in [4.69, 9.17) is 4.74 Å². The van der Waals surface area contributed by atoms with Gasteiger partial charge in [0.15, 0.2) is 0 Å². The fraction of sp³-hybridized carbons (Fsp3) is 0.0952. The standard InChI is InChI=1S/C21H20N2O2S/c1-25-19-13-7-5-11-17(19)22-15-21(24)23-18-12-6-8-14-20(18)26-16-9-3-2-4-10-16/h2-14,22H,15H2,1H3,(H,23,24). The van der Waals surface area contributed by atoms with Crippen molar-refractivity contribution in [2.75, 3.05) is 24.3 Å². The zero-order chi connectivity index (χ0) is 18.2. The summed E-state index contributed by atoms with van der Waals surface area (Å²) in [6, 6.07) is 25.4. The van der Waals surface area contributed by atoms with Crippen molar-refractivity contribution >= 4 is 29.0 Å². The van der Waals surface area contributed by atoms with Crippen LogP contribution in [0, 0.1) is 0 Å². The second-order valence-electron chi connectivity index (χ2n) is 5.51. The van der Waals surface area contributed by atoms with Crippen molar-refractivity contribution < 1.29 is 9.53 Å². The maximum absolute atomic E-state index is 12.4. The van der Waals surface area contributed by atoms with E-state index < -0.39 is 0 Å². The summed E-state index contributed by atoms with van der Waals surface area (Å²) >= 11 is 1.62. The van der Waals surface area contributed by atoms with Crippen LogP contribution in [0.2, 0.25) is 0 Å². The Labute approximate surface area is 157 Å². The average molecular weight is 364 g/mol. The Hall–Kier alpha value is -2.92. The highest BCUT2D eigenvalue weighted by molar-refractivity contribution is 7.99. The van der Waals surface area contributed by atoms with E-state index in [-0.39, 0.29) is 12.5 Å². The molecule has 0 aliphatic rings. The first-order valence-corrected chi connectivity index (χ1v) is 9.06. The summed E-state index contributed by atoms with van der Waals surface area (Å²) in [4.78, 5) is 14.5. The van der Waals surface area contributed by atoms with E-state index in [0.717, 1.165) is 21.2 Å². The molecule has 2 N–H and O–H groups in total. The van der Waals surface area contributed by atoms with Gasteiger partial charge >= 0.3 is 0 Å². The molecular weight excluding hydrogens is 344 g/mol. The summed E-state index contributed by atoms with van der Waals surface area (Å²) in [7, 11) is 1.61. The molecule has 4 nitrogen and oxygen atoms in total. The van der Waals surface area contributed by atoms with Crippen molar-refractivity contribution in [3.63, 3.8) is 0 Å². The molecule has 3 aromatic carbocycles. The Kier molecular flexibility index (Phi) is 6.17. The van der Waals surface area contributed by atoms with Gasteiger partial charge in [0.05, 0.1) is 25.0 Å². The topological polar surface area (TPSA) is 50.4 Å². The number of rotatable bonds is 7. The van der Waals surface area contributed by atoms with Crippen molar-refractivity contribution in [2.24, 2.45) is 0 Å². The first-order valence-electron chi connectivity index (χ1n) is 8.25. The van der Waals surface area contributed by atoms with Crippen LogP contribution in [-0.4, -0.2) is 19.6 Å². The minimum Gasteiger partial charge on any atom is -0.495 e. The zero-order valence-corrected chi connectivity index (χ0v) is 15.3. The van der Waals surface area contributed by atoms with Crippen LogP contribution in [0.1, 0.15) is 0 Å². The zero-order valence-electron chi connectivity index (χ0n) is 14.4. The fourth-order valence-electron chi connectivity index (χ4n) is 2.43. The molecule has 3 aromatic rings. The SMILES string of the molecule is COc1ccccc1NCC(=O)Nc1ccccc1Sc1ccccc1. The van der Waals surface area contributed by atoms with Gasteiger partial charge in [-0.25, -0.2) is 0 Å². The van der Waals surface area contributed by atoms with Crippen LogP contribution in [0.5, 0.6) is 5.75 Å². The van der Waals surface area contributed by atoms with Gasteiger partial charge in [-0.05, 0) is 36.4 Å². The van der Waals surface area contributed by atoms with Crippen molar-refractivity contribution in [1.29, 1.82) is 0 Å². The van der Waals surface area contributed by atoms with Crippen LogP contribution >= 0.6 is 11.8 Å². The number of benzene rings is 3. The summed E-state index contributed by atoms with van der Waals surface area (Å²) in [5.41, 5.74) is 1.59. The summed E-state index contributed by atoms with van der Waals surface area (Å²) in [5.74, 6) is 0.595. The van der Waals surface area contributed by atoms with E-state index in [0.29, 0.717) is 5.75 Å². The van der Waals surface area contributed by atoms with Crippen molar-refractivity contribution in [1.82, 2.24) is 0 Å². The van der Waals surface area contributed by atoms with Gasteiger partial charge in [0.2, 0.25) is 5.91 Å². The molecule has 26 heavy (non-hydrogen) atoms. The quantitative estimate of drug-likeness (QED) is 0.626. The molecule has 132 valence electrons. The molecule has 0 aliphatic carbocycles. The van der Waals surface area contributed by atoms with Gasteiger partial charge in [0.25, 0.3) is 0 Å². The molecule has 1 amide bonds. The third-order valence-corrected chi connectivity index (χ3v) is 4.76. The predicted octanol–water partition coefficient (Wildman–Crippen LogP) is 4.90. The van der Waals surface area contributed by atoms with Crippen LogP contribution in [0.3, 0.4) is 0 Å². The predicted molar refractivity (Wildman–Crippen MR) is 107 cm³/mol. The molecule has 0 heterocycles. The number of ether oxygens (including phenoxy) is 1. The number of para-hydroxylation sites is 3. The number of hydrogen-bond donors (Lipinski definition) is 2. The van der Waals surface area contributed by atoms with Crippen LogP contribution in [-0.2, 0) is 4.79 Å². The van der Waals surface area contributed by atoms with Crippen LogP contribution < -0.4 is 15.4 Å². The van der Waals surface area contributed by atoms with Gasteiger partial charge < -0.3 is 15.4 Å². The average Bonchev–Trinajstić information content (AvgIpc) is 2.69. The van der Waals surface area contributed by atoms with E-state index >= 15 is 0 Å². The van der Waals surface area contributed by atoms with E-state index in [1.807, 2.05) is 78.9 Å². The fourth-order valence-corrected chi connectivity index (χ4v) is 3.36. The lowest BCUT2D eigenvalue weighted by molar-refractivity contribution is -0.114. The summed E-state index contributed by atoms with van der Waals surface area (Å²) in [5, 5.41) is 6.08. The van der Waals surface area contributed by atoms with E-state index in [9.17, 15) is 4.79 Å². The Morgan fingerprint density at radius 1 is 0.885 bits per heavy atom. The van der Waals surface area contributed by atoms with Crippen molar-refractivity contribution in [3.05, 3.63) is 78.9 Å². The third kappa shape index (κ3) is 4.80. The molecule has 0 fully saturated rings. The Morgan fingerprint density at radius 2 is 1.54 bits per heavy atom. The number of carbonyl (C=O) groups is 1. The van der Waals surface area contributed by atoms with Crippen LogP contribution in [0.15, 0.2) is 88.7 Å². The molecule has 0 saturated carbocycles. The van der Waals surface area contributed by atoms with Gasteiger partial charge in [-0.3, -0.25) is 4.79 Å². The van der Waals surface area contributed by atoms with Crippen LogP contribution in [0.25, 0.3) is 0 Å². The number of carbonyl (C=O) groups excluding carboxylic acids is 1. The lowest BCUT2D eigenvalue weighted by Crippen LogP contribution is -2.22. The minimum atomic E-state index is -0.114. The monoisotopic (exact) mass is 364 g/mol. The first kappa shape index (κ1) is 17.9. The molecule has 0 radical (unpaired) electrons. The number of nitrogens with one attached hydrogen (secondary N) is 2. The van der Waals surface area contributed by atoms with E-state index in [2.05, 4.69) is 10.6 Å². The van der Waals surface area contributed by atoms with Gasteiger partial charge in [-0.15, -0.1) is 0 Å².